The zero-order valence-corrected chi connectivity index (χ0v) is 16.6. The second-order valence-electron chi connectivity index (χ2n) is 6.45. The Balaban J connectivity index is 1.64. The van der Waals surface area contributed by atoms with Crippen LogP contribution in [0, 0.1) is 0 Å². The number of carbonyl (C=O) groups excluding carboxylic acids is 2. The summed E-state index contributed by atoms with van der Waals surface area (Å²) in [5.74, 6) is -0.332. The molecule has 29 heavy (non-hydrogen) atoms. The monoisotopic (exact) mass is 397 g/mol. The van der Waals surface area contributed by atoms with Crippen LogP contribution in [0.5, 0.6) is 5.75 Å². The summed E-state index contributed by atoms with van der Waals surface area (Å²) >= 11 is 0. The van der Waals surface area contributed by atoms with Crippen LogP contribution in [0.2, 0.25) is 0 Å². The molecule has 1 amide bonds. The maximum atomic E-state index is 12.6. The van der Waals surface area contributed by atoms with Crippen LogP contribution in [-0.4, -0.2) is 32.2 Å². The molecule has 0 fully saturated rings. The van der Waals surface area contributed by atoms with E-state index in [4.69, 9.17) is 18.6 Å². The number of fused-ring (bicyclic) bond motifs is 1. The molecule has 7 heteroatoms. The van der Waals surface area contributed by atoms with E-state index in [1.807, 2.05) is 42.5 Å². The van der Waals surface area contributed by atoms with E-state index in [0.29, 0.717) is 17.7 Å². The Morgan fingerprint density at radius 3 is 2.48 bits per heavy atom. The van der Waals surface area contributed by atoms with Gasteiger partial charge in [0.25, 0.3) is 5.91 Å². The SMILES string of the molecule is COCc1c(C(=O)O[C@H](C)C(=O)NCc2ccc(OC)cc2)oc2ccccc12. The summed E-state index contributed by atoms with van der Waals surface area (Å²) in [6, 6.07) is 14.6. The number of methoxy groups -OCH3 is 2. The van der Waals surface area contributed by atoms with Crippen LogP contribution >= 0.6 is 0 Å². The molecule has 0 radical (unpaired) electrons. The Kier molecular flexibility index (Phi) is 6.51. The van der Waals surface area contributed by atoms with Gasteiger partial charge < -0.3 is 23.9 Å². The van der Waals surface area contributed by atoms with Gasteiger partial charge >= 0.3 is 5.97 Å². The van der Waals surface area contributed by atoms with Crippen molar-refractivity contribution in [2.24, 2.45) is 0 Å². The lowest BCUT2D eigenvalue weighted by atomic mass is 10.1. The second-order valence-corrected chi connectivity index (χ2v) is 6.45. The van der Waals surface area contributed by atoms with Crippen molar-refractivity contribution in [2.75, 3.05) is 14.2 Å². The molecule has 0 saturated heterocycles. The maximum absolute atomic E-state index is 12.6. The van der Waals surface area contributed by atoms with Gasteiger partial charge in [-0.3, -0.25) is 4.79 Å². The normalized spacial score (nSPS) is 11.8. The van der Waals surface area contributed by atoms with Crippen LogP contribution in [0.1, 0.15) is 28.6 Å². The molecule has 3 rings (SSSR count). The van der Waals surface area contributed by atoms with Crippen molar-refractivity contribution in [1.29, 1.82) is 0 Å². The summed E-state index contributed by atoms with van der Waals surface area (Å²) in [5.41, 5.74) is 2.05. The van der Waals surface area contributed by atoms with Gasteiger partial charge in [-0.15, -0.1) is 0 Å². The molecule has 1 aromatic heterocycles. The van der Waals surface area contributed by atoms with Gasteiger partial charge in [0.1, 0.15) is 11.3 Å². The third kappa shape index (κ3) is 4.75. The lowest BCUT2D eigenvalue weighted by Gasteiger charge is -2.13. The van der Waals surface area contributed by atoms with Crippen LogP contribution in [-0.2, 0) is 27.4 Å². The summed E-state index contributed by atoms with van der Waals surface area (Å²) in [5, 5.41) is 3.52. The number of hydrogen-bond donors (Lipinski definition) is 1. The van der Waals surface area contributed by atoms with Crippen LogP contribution in [0.15, 0.2) is 52.9 Å². The molecular weight excluding hydrogens is 374 g/mol. The second kappa shape index (κ2) is 9.25. The van der Waals surface area contributed by atoms with E-state index in [2.05, 4.69) is 5.32 Å². The number of para-hydroxylation sites is 1. The predicted octanol–water partition coefficient (Wildman–Crippen LogP) is 3.45. The molecule has 1 heterocycles. The standard InChI is InChI=1S/C22H23NO6/c1-14(21(24)23-12-15-8-10-16(27-3)11-9-15)28-22(25)20-18(13-26-2)17-6-4-5-7-19(17)29-20/h4-11,14H,12-13H2,1-3H3,(H,23,24)/t14-/m1/s1. The van der Waals surface area contributed by atoms with Crippen molar-refractivity contribution in [3.05, 3.63) is 65.4 Å². The Labute approximate surface area is 168 Å². The molecule has 7 nitrogen and oxygen atoms in total. The van der Waals surface area contributed by atoms with E-state index in [-0.39, 0.29) is 12.4 Å². The molecule has 1 atom stereocenters. The molecule has 0 saturated carbocycles. The van der Waals surface area contributed by atoms with Crippen molar-refractivity contribution in [1.82, 2.24) is 5.32 Å². The molecule has 0 aliphatic heterocycles. The highest BCUT2D eigenvalue weighted by molar-refractivity contribution is 5.97. The molecule has 1 N–H and O–H groups in total. The molecule has 152 valence electrons. The number of benzene rings is 2. The van der Waals surface area contributed by atoms with E-state index in [1.165, 1.54) is 14.0 Å². The number of rotatable bonds is 8. The maximum Gasteiger partial charge on any atom is 0.375 e. The first kappa shape index (κ1) is 20.4. The lowest BCUT2D eigenvalue weighted by molar-refractivity contribution is -0.129. The van der Waals surface area contributed by atoms with Crippen LogP contribution in [0.25, 0.3) is 11.0 Å². The highest BCUT2D eigenvalue weighted by Gasteiger charge is 2.25. The fourth-order valence-electron chi connectivity index (χ4n) is 2.90. The summed E-state index contributed by atoms with van der Waals surface area (Å²) in [6.07, 6.45) is -0.982. The smallest absolute Gasteiger partial charge is 0.375 e. The Bertz CT molecular complexity index is 992. The summed E-state index contributed by atoms with van der Waals surface area (Å²) in [7, 11) is 3.12. The van der Waals surface area contributed by atoms with Crippen molar-refractivity contribution in [3.63, 3.8) is 0 Å². The Morgan fingerprint density at radius 1 is 1.07 bits per heavy atom. The topological polar surface area (TPSA) is 87.0 Å². The van der Waals surface area contributed by atoms with Crippen molar-refractivity contribution in [3.8, 4) is 5.75 Å². The molecule has 2 aromatic carbocycles. The highest BCUT2D eigenvalue weighted by Crippen LogP contribution is 2.27. The fraction of sp³-hybridized carbons (Fsp3) is 0.273. The number of ether oxygens (including phenoxy) is 3. The number of carbonyl (C=O) groups is 2. The first-order valence-corrected chi connectivity index (χ1v) is 9.14. The lowest BCUT2D eigenvalue weighted by Crippen LogP contribution is -2.35. The van der Waals surface area contributed by atoms with E-state index in [0.717, 1.165) is 16.7 Å². The zero-order valence-electron chi connectivity index (χ0n) is 16.6. The minimum atomic E-state index is -0.982. The van der Waals surface area contributed by atoms with Crippen LogP contribution in [0.3, 0.4) is 0 Å². The van der Waals surface area contributed by atoms with Gasteiger partial charge in [-0.2, -0.15) is 0 Å². The molecular formula is C22H23NO6. The minimum Gasteiger partial charge on any atom is -0.497 e. The van der Waals surface area contributed by atoms with Gasteiger partial charge in [0.05, 0.1) is 13.7 Å². The summed E-state index contributed by atoms with van der Waals surface area (Å²) in [6.45, 7) is 2.02. The number of nitrogens with one attached hydrogen (secondary N) is 1. The fourth-order valence-corrected chi connectivity index (χ4v) is 2.90. The number of amides is 1. The minimum absolute atomic E-state index is 0.0443. The van der Waals surface area contributed by atoms with Gasteiger partial charge in [0.2, 0.25) is 5.76 Å². The van der Waals surface area contributed by atoms with Gasteiger partial charge in [-0.05, 0) is 30.7 Å². The Hall–Kier alpha value is -3.32. The summed E-state index contributed by atoms with van der Waals surface area (Å²) < 4.78 is 21.3. The van der Waals surface area contributed by atoms with Crippen LogP contribution in [0.4, 0.5) is 0 Å². The Morgan fingerprint density at radius 2 is 1.79 bits per heavy atom. The molecule has 3 aromatic rings. The summed E-state index contributed by atoms with van der Waals surface area (Å²) in [4.78, 5) is 24.9. The van der Waals surface area contributed by atoms with E-state index in [9.17, 15) is 9.59 Å². The average Bonchev–Trinajstić information content (AvgIpc) is 3.11. The van der Waals surface area contributed by atoms with Gasteiger partial charge in [-0.1, -0.05) is 30.3 Å². The first-order chi connectivity index (χ1) is 14.0. The molecule has 0 aliphatic carbocycles. The predicted molar refractivity (Wildman–Crippen MR) is 107 cm³/mol. The molecule has 0 bridgehead atoms. The number of esters is 1. The van der Waals surface area contributed by atoms with E-state index in [1.54, 1.807) is 13.2 Å². The van der Waals surface area contributed by atoms with Crippen molar-refractivity contribution >= 4 is 22.8 Å². The number of hydrogen-bond acceptors (Lipinski definition) is 6. The van der Waals surface area contributed by atoms with Gasteiger partial charge in [0, 0.05) is 24.6 Å². The average molecular weight is 397 g/mol. The van der Waals surface area contributed by atoms with E-state index >= 15 is 0 Å². The van der Waals surface area contributed by atoms with Crippen molar-refractivity contribution in [2.45, 2.75) is 26.2 Å². The molecule has 0 aliphatic rings. The van der Waals surface area contributed by atoms with Crippen LogP contribution < -0.4 is 10.1 Å². The first-order valence-electron chi connectivity index (χ1n) is 9.14. The van der Waals surface area contributed by atoms with E-state index < -0.39 is 18.0 Å². The third-order valence-corrected chi connectivity index (χ3v) is 4.45. The third-order valence-electron chi connectivity index (χ3n) is 4.45. The molecule has 0 unspecified atom stereocenters. The van der Waals surface area contributed by atoms with Gasteiger partial charge in [0.15, 0.2) is 6.10 Å². The zero-order chi connectivity index (χ0) is 20.8. The van der Waals surface area contributed by atoms with Crippen molar-refractivity contribution < 1.29 is 28.2 Å². The highest BCUT2D eigenvalue weighted by atomic mass is 16.6. The molecule has 0 spiro atoms. The largest absolute Gasteiger partial charge is 0.497 e. The number of furan rings is 1. The van der Waals surface area contributed by atoms with Gasteiger partial charge in [-0.25, -0.2) is 4.79 Å². The quantitative estimate of drug-likeness (QED) is 0.586.